The molecule has 0 atom stereocenters. The van der Waals surface area contributed by atoms with Crippen LogP contribution in [0.5, 0.6) is 0 Å². The number of hydrogen-bond acceptors (Lipinski definition) is 4. The molecular weight excluding hydrogens is 290 g/mol. The molecule has 1 aromatic heterocycles. The highest BCUT2D eigenvalue weighted by Gasteiger charge is 2.27. The minimum absolute atomic E-state index is 0.166. The average Bonchev–Trinajstić information content (AvgIpc) is 2.80. The summed E-state index contributed by atoms with van der Waals surface area (Å²) in [7, 11) is -0.946. The van der Waals surface area contributed by atoms with Crippen LogP contribution in [-0.4, -0.2) is 23.0 Å². The molecule has 0 spiro atoms. The second kappa shape index (κ2) is 5.48. The molecule has 3 rings (SSSR count). The fourth-order valence-corrected chi connectivity index (χ4v) is 2.49. The van der Waals surface area contributed by atoms with Gasteiger partial charge in [-0.2, -0.15) is 0 Å². The summed E-state index contributed by atoms with van der Waals surface area (Å²) in [5, 5.41) is 12.7. The maximum absolute atomic E-state index is 12.2. The zero-order valence-electron chi connectivity index (χ0n) is 11.3. The van der Waals surface area contributed by atoms with E-state index in [2.05, 4.69) is 10.3 Å². The Bertz CT molecular complexity index is 723. The van der Waals surface area contributed by atoms with Gasteiger partial charge in [0.1, 0.15) is 5.69 Å². The highest BCUT2D eigenvalue weighted by atomic mass is 35.5. The molecule has 0 unspecified atom stereocenters. The molecule has 1 aromatic carbocycles. The summed E-state index contributed by atoms with van der Waals surface area (Å²) in [6.07, 6.45) is 1.58. The molecule has 5 nitrogen and oxygen atoms in total. The van der Waals surface area contributed by atoms with Gasteiger partial charge in [-0.05, 0) is 41.7 Å². The molecule has 2 N–H and O–H groups in total. The van der Waals surface area contributed by atoms with Crippen LogP contribution in [0.15, 0.2) is 30.5 Å². The molecular formula is C14H12BClN2O3. The van der Waals surface area contributed by atoms with Gasteiger partial charge >= 0.3 is 7.12 Å². The van der Waals surface area contributed by atoms with E-state index in [0.717, 1.165) is 11.1 Å². The van der Waals surface area contributed by atoms with Crippen LogP contribution in [0.25, 0.3) is 0 Å². The molecule has 0 aliphatic carbocycles. The van der Waals surface area contributed by atoms with E-state index in [-0.39, 0.29) is 5.69 Å². The zero-order chi connectivity index (χ0) is 15.0. The van der Waals surface area contributed by atoms with Gasteiger partial charge in [0, 0.05) is 11.9 Å². The van der Waals surface area contributed by atoms with Crippen LogP contribution in [0, 0.1) is 6.92 Å². The predicted octanol–water partition coefficient (Wildman–Crippen LogP) is 1.51. The number of amides is 1. The monoisotopic (exact) mass is 302 g/mol. The number of carbonyl (C=O) groups excluding carboxylic acids is 1. The maximum atomic E-state index is 12.2. The van der Waals surface area contributed by atoms with Crippen molar-refractivity contribution in [2.24, 2.45) is 0 Å². The van der Waals surface area contributed by atoms with Gasteiger partial charge in [-0.15, -0.1) is 0 Å². The smallest absolute Gasteiger partial charge is 0.423 e. The lowest BCUT2D eigenvalue weighted by Crippen LogP contribution is -2.28. The van der Waals surface area contributed by atoms with E-state index in [1.54, 1.807) is 24.4 Å². The van der Waals surface area contributed by atoms with Crippen LogP contribution < -0.4 is 10.8 Å². The summed E-state index contributed by atoms with van der Waals surface area (Å²) < 4.78 is 5.11. The molecule has 0 radical (unpaired) electrons. The summed E-state index contributed by atoms with van der Waals surface area (Å²) in [6, 6.07) is 6.93. The van der Waals surface area contributed by atoms with E-state index in [1.807, 2.05) is 13.0 Å². The first kappa shape index (κ1) is 14.1. The number of aryl methyl sites for hydroxylation is 1. The van der Waals surface area contributed by atoms with E-state index in [0.29, 0.717) is 22.8 Å². The topological polar surface area (TPSA) is 71.5 Å². The molecule has 2 aromatic rings. The molecule has 0 saturated heterocycles. The van der Waals surface area contributed by atoms with Gasteiger partial charge in [0.15, 0.2) is 0 Å². The van der Waals surface area contributed by atoms with Crippen molar-refractivity contribution >= 4 is 35.8 Å². The Hall–Kier alpha value is -1.89. The van der Waals surface area contributed by atoms with Crippen LogP contribution in [0.2, 0.25) is 5.02 Å². The number of nitrogens with one attached hydrogen (secondary N) is 1. The molecule has 2 heterocycles. The number of anilines is 1. The summed E-state index contributed by atoms with van der Waals surface area (Å²) in [6.45, 7) is 2.22. The normalized spacial score (nSPS) is 13.2. The van der Waals surface area contributed by atoms with Gasteiger partial charge in [-0.25, -0.2) is 4.98 Å². The number of fused-ring (bicyclic) bond motifs is 1. The lowest BCUT2D eigenvalue weighted by Gasteiger charge is -2.08. The lowest BCUT2D eigenvalue weighted by atomic mass is 9.79. The number of aromatic nitrogens is 1. The van der Waals surface area contributed by atoms with Crippen molar-refractivity contribution in [1.82, 2.24) is 4.98 Å². The molecule has 0 fully saturated rings. The minimum atomic E-state index is -0.946. The lowest BCUT2D eigenvalue weighted by molar-refractivity contribution is 0.102. The summed E-state index contributed by atoms with van der Waals surface area (Å²) in [5.74, 6) is -0.395. The predicted molar refractivity (Wildman–Crippen MR) is 80.8 cm³/mol. The van der Waals surface area contributed by atoms with E-state index in [4.69, 9.17) is 16.3 Å². The van der Waals surface area contributed by atoms with Gasteiger partial charge in [0.2, 0.25) is 0 Å². The van der Waals surface area contributed by atoms with Gasteiger partial charge < -0.3 is 15.0 Å². The number of carbonyl (C=O) groups is 1. The quantitative estimate of drug-likeness (QED) is 0.825. The van der Waals surface area contributed by atoms with Crippen molar-refractivity contribution in [2.45, 2.75) is 13.5 Å². The number of benzene rings is 1. The van der Waals surface area contributed by atoms with E-state index in [9.17, 15) is 9.82 Å². The Morgan fingerprint density at radius 1 is 1.48 bits per heavy atom. The van der Waals surface area contributed by atoms with Crippen molar-refractivity contribution < 1.29 is 14.5 Å². The van der Waals surface area contributed by atoms with Crippen LogP contribution >= 0.6 is 11.6 Å². The molecule has 106 valence electrons. The summed E-state index contributed by atoms with van der Waals surface area (Å²) in [5.41, 5.74) is 3.18. The first-order chi connectivity index (χ1) is 10.0. The highest BCUT2D eigenvalue weighted by Crippen LogP contribution is 2.18. The fourth-order valence-electron chi connectivity index (χ4n) is 2.18. The van der Waals surface area contributed by atoms with Crippen molar-refractivity contribution in [3.63, 3.8) is 0 Å². The Morgan fingerprint density at radius 3 is 3.05 bits per heavy atom. The van der Waals surface area contributed by atoms with Gasteiger partial charge in [-0.3, -0.25) is 4.79 Å². The molecule has 1 aliphatic heterocycles. The first-order valence-corrected chi connectivity index (χ1v) is 6.78. The number of rotatable bonds is 2. The number of hydrogen-bond donors (Lipinski definition) is 2. The minimum Gasteiger partial charge on any atom is -0.423 e. The first-order valence-electron chi connectivity index (χ1n) is 6.40. The van der Waals surface area contributed by atoms with E-state index < -0.39 is 13.0 Å². The molecule has 21 heavy (non-hydrogen) atoms. The number of halogens is 1. The fraction of sp³-hybridized carbons (Fsp3) is 0.143. The second-order valence-corrected chi connectivity index (χ2v) is 5.28. The molecule has 0 saturated carbocycles. The zero-order valence-corrected chi connectivity index (χ0v) is 12.0. The number of pyridine rings is 1. The Labute approximate surface area is 127 Å². The Morgan fingerprint density at radius 2 is 2.29 bits per heavy atom. The van der Waals surface area contributed by atoms with Crippen LogP contribution in [0.1, 0.15) is 21.6 Å². The average molecular weight is 303 g/mol. The van der Waals surface area contributed by atoms with Crippen molar-refractivity contribution in [3.8, 4) is 0 Å². The second-order valence-electron chi connectivity index (χ2n) is 4.87. The third-order valence-corrected chi connectivity index (χ3v) is 3.55. The Balaban J connectivity index is 1.83. The van der Waals surface area contributed by atoms with E-state index in [1.165, 1.54) is 0 Å². The standard InChI is InChI=1S/C14H12BClN2O3/c1-8-4-12(16)13(17-6-8)14(19)18-10-3-2-9-7-21-15(20)11(9)5-10/h2-6,20H,7H2,1H3,(H,18,19). The van der Waals surface area contributed by atoms with Crippen molar-refractivity contribution in [2.75, 3.05) is 5.32 Å². The maximum Gasteiger partial charge on any atom is 0.491 e. The SMILES string of the molecule is Cc1cnc(C(=O)Nc2ccc3c(c2)B(O)OC3)c(Cl)c1. The number of nitrogens with zero attached hydrogens (tertiary/aromatic N) is 1. The molecule has 1 aliphatic rings. The summed E-state index contributed by atoms with van der Waals surface area (Å²) >= 11 is 6.02. The van der Waals surface area contributed by atoms with Gasteiger partial charge in [0.05, 0.1) is 11.6 Å². The van der Waals surface area contributed by atoms with Gasteiger partial charge in [0.25, 0.3) is 5.91 Å². The van der Waals surface area contributed by atoms with Crippen LogP contribution in [0.4, 0.5) is 5.69 Å². The third kappa shape index (κ3) is 2.78. The van der Waals surface area contributed by atoms with Crippen LogP contribution in [0.3, 0.4) is 0 Å². The summed E-state index contributed by atoms with van der Waals surface area (Å²) in [4.78, 5) is 16.2. The van der Waals surface area contributed by atoms with Crippen LogP contribution in [-0.2, 0) is 11.3 Å². The molecule has 1 amide bonds. The molecule has 0 bridgehead atoms. The van der Waals surface area contributed by atoms with Gasteiger partial charge in [-0.1, -0.05) is 17.7 Å². The van der Waals surface area contributed by atoms with Crippen molar-refractivity contribution in [1.29, 1.82) is 0 Å². The van der Waals surface area contributed by atoms with E-state index >= 15 is 0 Å². The molecule has 7 heteroatoms. The largest absolute Gasteiger partial charge is 0.491 e. The van der Waals surface area contributed by atoms with Crippen molar-refractivity contribution in [3.05, 3.63) is 52.3 Å². The third-order valence-electron chi connectivity index (χ3n) is 3.26. The highest BCUT2D eigenvalue weighted by molar-refractivity contribution is 6.61. The Kier molecular flexibility index (Phi) is 3.67.